The second-order valence-corrected chi connectivity index (χ2v) is 7.43. The zero-order valence-electron chi connectivity index (χ0n) is 16.3. The molecule has 0 saturated carbocycles. The summed E-state index contributed by atoms with van der Waals surface area (Å²) in [6, 6.07) is 1.57. The summed E-state index contributed by atoms with van der Waals surface area (Å²) in [7, 11) is 0. The van der Waals surface area contributed by atoms with Crippen molar-refractivity contribution < 1.29 is 15.3 Å². The molecule has 0 aliphatic rings. The van der Waals surface area contributed by atoms with Crippen molar-refractivity contribution in [1.82, 2.24) is 4.57 Å². The summed E-state index contributed by atoms with van der Waals surface area (Å²) >= 11 is 0. The zero-order valence-corrected chi connectivity index (χ0v) is 16.3. The Bertz CT molecular complexity index is 456. The largest absolute Gasteiger partial charge is 0.494 e. The number of aliphatic hydroxyl groups is 1. The van der Waals surface area contributed by atoms with Crippen LogP contribution in [0.3, 0.4) is 0 Å². The minimum Gasteiger partial charge on any atom is -0.494 e. The van der Waals surface area contributed by atoms with Gasteiger partial charge >= 0.3 is 0 Å². The van der Waals surface area contributed by atoms with Crippen LogP contribution in [0.5, 0.6) is 11.8 Å². The van der Waals surface area contributed by atoms with Crippen LogP contribution >= 0.6 is 0 Å². The van der Waals surface area contributed by atoms with Gasteiger partial charge in [0.1, 0.15) is 6.73 Å². The van der Waals surface area contributed by atoms with Gasteiger partial charge in [-0.15, -0.1) is 0 Å². The van der Waals surface area contributed by atoms with Crippen LogP contribution < -0.4 is 0 Å². The van der Waals surface area contributed by atoms with Crippen LogP contribution in [0.2, 0.25) is 0 Å². The van der Waals surface area contributed by atoms with Gasteiger partial charge in [-0.05, 0) is 12.3 Å². The number of aliphatic hydroxyl groups excluding tert-OH is 1. The van der Waals surface area contributed by atoms with E-state index in [2.05, 4.69) is 13.8 Å². The first kappa shape index (κ1) is 21.9. The fourth-order valence-corrected chi connectivity index (χ4v) is 3.49. The molecule has 0 bridgehead atoms. The minimum absolute atomic E-state index is 0.00793. The highest BCUT2D eigenvalue weighted by molar-refractivity contribution is 5.37. The van der Waals surface area contributed by atoms with Crippen molar-refractivity contribution in [1.29, 1.82) is 0 Å². The van der Waals surface area contributed by atoms with E-state index in [9.17, 15) is 10.2 Å². The molecule has 0 aliphatic heterocycles. The third kappa shape index (κ3) is 8.17. The standard InChI is InChI=1S/C21H39NO3/c1-3-4-5-6-7-8-9-10-11-12-13-14-15-18(2)19-16-20(24)22(17-23)21(19)25/h16,18,23-25H,3-15,17H2,1-2H3. The van der Waals surface area contributed by atoms with Gasteiger partial charge in [0.15, 0.2) is 11.8 Å². The van der Waals surface area contributed by atoms with Gasteiger partial charge in [0.05, 0.1) is 0 Å². The Morgan fingerprint density at radius 2 is 1.32 bits per heavy atom. The minimum atomic E-state index is -0.400. The quantitative estimate of drug-likeness (QED) is 0.337. The highest BCUT2D eigenvalue weighted by Gasteiger charge is 2.17. The third-order valence-electron chi connectivity index (χ3n) is 5.24. The lowest BCUT2D eigenvalue weighted by Crippen LogP contribution is -1.97. The molecule has 0 radical (unpaired) electrons. The van der Waals surface area contributed by atoms with Crippen LogP contribution in [0.15, 0.2) is 6.07 Å². The smallest absolute Gasteiger partial charge is 0.199 e. The molecule has 3 N–H and O–H groups in total. The number of aromatic nitrogens is 1. The van der Waals surface area contributed by atoms with Gasteiger partial charge in [-0.1, -0.05) is 90.9 Å². The summed E-state index contributed by atoms with van der Waals surface area (Å²) in [4.78, 5) is 0. The molecule has 1 rings (SSSR count). The summed E-state index contributed by atoms with van der Waals surface area (Å²) < 4.78 is 1.12. The fraction of sp³-hybridized carbons (Fsp3) is 0.810. The van der Waals surface area contributed by atoms with Crippen molar-refractivity contribution >= 4 is 0 Å². The molecule has 1 atom stereocenters. The fourth-order valence-electron chi connectivity index (χ4n) is 3.49. The molecule has 1 heterocycles. The van der Waals surface area contributed by atoms with E-state index >= 15 is 0 Å². The third-order valence-corrected chi connectivity index (χ3v) is 5.24. The van der Waals surface area contributed by atoms with E-state index in [1.165, 1.54) is 70.6 Å². The van der Waals surface area contributed by atoms with Crippen molar-refractivity contribution in [3.05, 3.63) is 11.6 Å². The maximum absolute atomic E-state index is 10.0. The Kier molecular flexibility index (Phi) is 11.5. The van der Waals surface area contributed by atoms with Gasteiger partial charge in [0.2, 0.25) is 0 Å². The summed E-state index contributed by atoms with van der Waals surface area (Å²) in [5.74, 6) is 0.116. The Balaban J connectivity index is 2.03. The monoisotopic (exact) mass is 353 g/mol. The molecule has 1 aromatic heterocycles. The SMILES string of the molecule is CCCCCCCCCCCCCCC(C)c1cc(O)n(CO)c1O. The van der Waals surface area contributed by atoms with Crippen LogP contribution in [-0.2, 0) is 6.73 Å². The van der Waals surface area contributed by atoms with E-state index in [0.29, 0.717) is 0 Å². The van der Waals surface area contributed by atoms with Crippen molar-refractivity contribution in [2.75, 3.05) is 0 Å². The summed E-state index contributed by atoms with van der Waals surface area (Å²) in [6.07, 6.45) is 17.1. The second kappa shape index (κ2) is 13.1. The molecule has 0 aromatic carbocycles. The molecule has 146 valence electrons. The molecule has 0 aliphatic carbocycles. The Morgan fingerprint density at radius 1 is 0.840 bits per heavy atom. The van der Waals surface area contributed by atoms with Gasteiger partial charge in [0.25, 0.3) is 0 Å². The zero-order chi connectivity index (χ0) is 18.5. The summed E-state index contributed by atoms with van der Waals surface area (Å²) in [5, 5.41) is 28.8. The number of hydrogen-bond donors (Lipinski definition) is 3. The molecule has 4 nitrogen and oxygen atoms in total. The predicted octanol–water partition coefficient (Wildman–Crippen LogP) is 6.04. The van der Waals surface area contributed by atoms with Crippen molar-refractivity contribution in [2.45, 2.75) is 110 Å². The Hall–Kier alpha value is -1.16. The number of unbranched alkanes of at least 4 members (excludes halogenated alkanes) is 11. The van der Waals surface area contributed by atoms with E-state index < -0.39 is 6.73 Å². The highest BCUT2D eigenvalue weighted by Crippen LogP contribution is 2.35. The van der Waals surface area contributed by atoms with Crippen molar-refractivity contribution in [3.8, 4) is 11.8 Å². The molecule has 0 spiro atoms. The first-order chi connectivity index (χ1) is 12.1. The molecule has 0 amide bonds. The maximum Gasteiger partial charge on any atom is 0.199 e. The van der Waals surface area contributed by atoms with E-state index in [0.717, 1.165) is 23.0 Å². The number of nitrogens with zero attached hydrogens (tertiary/aromatic N) is 1. The molecular formula is C21H39NO3. The lowest BCUT2D eigenvalue weighted by Gasteiger charge is -2.11. The molecule has 25 heavy (non-hydrogen) atoms. The Labute approximate surface area is 153 Å². The average molecular weight is 354 g/mol. The molecule has 1 unspecified atom stereocenters. The Morgan fingerprint density at radius 3 is 1.76 bits per heavy atom. The highest BCUT2D eigenvalue weighted by atomic mass is 16.3. The van der Waals surface area contributed by atoms with Gasteiger partial charge in [-0.3, -0.25) is 4.57 Å². The lowest BCUT2D eigenvalue weighted by atomic mass is 9.96. The molecule has 0 saturated heterocycles. The van der Waals surface area contributed by atoms with Crippen molar-refractivity contribution in [2.24, 2.45) is 0 Å². The van der Waals surface area contributed by atoms with Crippen LogP contribution in [-0.4, -0.2) is 19.9 Å². The van der Waals surface area contributed by atoms with Crippen LogP contribution in [0.1, 0.15) is 109 Å². The summed E-state index contributed by atoms with van der Waals surface area (Å²) in [5.41, 5.74) is 0.731. The average Bonchev–Trinajstić information content (AvgIpc) is 2.89. The van der Waals surface area contributed by atoms with E-state index in [1.807, 2.05) is 0 Å². The number of hydrogen-bond acceptors (Lipinski definition) is 3. The molecule has 1 aromatic rings. The van der Waals surface area contributed by atoms with Gasteiger partial charge in [-0.25, -0.2) is 0 Å². The van der Waals surface area contributed by atoms with Crippen molar-refractivity contribution in [3.63, 3.8) is 0 Å². The van der Waals surface area contributed by atoms with E-state index in [4.69, 9.17) is 5.11 Å². The first-order valence-electron chi connectivity index (χ1n) is 10.3. The second-order valence-electron chi connectivity index (χ2n) is 7.43. The van der Waals surface area contributed by atoms with Crippen LogP contribution in [0, 0.1) is 0 Å². The van der Waals surface area contributed by atoms with Gasteiger partial charge in [-0.2, -0.15) is 0 Å². The van der Waals surface area contributed by atoms with Gasteiger partial charge in [0, 0.05) is 11.6 Å². The van der Waals surface area contributed by atoms with Gasteiger partial charge < -0.3 is 15.3 Å². The number of aromatic hydroxyl groups is 2. The van der Waals surface area contributed by atoms with Crippen LogP contribution in [0.25, 0.3) is 0 Å². The van der Waals surface area contributed by atoms with Crippen LogP contribution in [0.4, 0.5) is 0 Å². The lowest BCUT2D eigenvalue weighted by molar-refractivity contribution is 0.182. The summed E-state index contributed by atoms with van der Waals surface area (Å²) in [6.45, 7) is 3.93. The predicted molar refractivity (Wildman–Crippen MR) is 104 cm³/mol. The van der Waals surface area contributed by atoms with E-state index in [1.54, 1.807) is 6.07 Å². The first-order valence-corrected chi connectivity index (χ1v) is 10.3. The molecule has 0 fully saturated rings. The van der Waals surface area contributed by atoms with E-state index in [-0.39, 0.29) is 17.7 Å². The normalized spacial score (nSPS) is 12.6. The maximum atomic E-state index is 10.0. The number of rotatable bonds is 15. The molecule has 4 heteroatoms. The topological polar surface area (TPSA) is 65.6 Å². The molecular weight excluding hydrogens is 314 g/mol.